The van der Waals surface area contributed by atoms with Gasteiger partial charge in [-0.15, -0.1) is 5.10 Å². The molecule has 1 saturated heterocycles. The van der Waals surface area contributed by atoms with E-state index in [9.17, 15) is 24.0 Å². The van der Waals surface area contributed by atoms with Gasteiger partial charge in [-0.3, -0.25) is 29.3 Å². The molecule has 4 amide bonds. The third-order valence-electron chi connectivity index (χ3n) is 6.23. The summed E-state index contributed by atoms with van der Waals surface area (Å²) in [6, 6.07) is 4.26. The van der Waals surface area contributed by atoms with Crippen LogP contribution in [0.4, 0.5) is 5.69 Å². The predicted molar refractivity (Wildman–Crippen MR) is 121 cm³/mol. The van der Waals surface area contributed by atoms with Crippen LogP contribution in [-0.4, -0.2) is 62.6 Å². The van der Waals surface area contributed by atoms with Crippen molar-refractivity contribution >= 4 is 35.3 Å². The van der Waals surface area contributed by atoms with Gasteiger partial charge in [-0.2, -0.15) is 0 Å². The van der Waals surface area contributed by atoms with Crippen LogP contribution in [0, 0.1) is 5.92 Å². The molecule has 2 unspecified atom stereocenters. The highest BCUT2D eigenvalue weighted by Gasteiger charge is 2.40. The fourth-order valence-electron chi connectivity index (χ4n) is 4.36. The first-order valence-electron chi connectivity index (χ1n) is 11.3. The minimum absolute atomic E-state index is 0.115. The maximum absolute atomic E-state index is 12.9. The molecule has 0 bridgehead atoms. The molecule has 1 aromatic heterocycles. The monoisotopic (exact) mass is 482 g/mol. The number of imide groups is 1. The van der Waals surface area contributed by atoms with Gasteiger partial charge in [0.25, 0.3) is 5.91 Å². The van der Waals surface area contributed by atoms with E-state index in [1.54, 1.807) is 24.4 Å². The van der Waals surface area contributed by atoms with Crippen molar-refractivity contribution in [3.05, 3.63) is 41.2 Å². The summed E-state index contributed by atoms with van der Waals surface area (Å²) in [4.78, 5) is 62.6. The molecule has 1 aromatic carbocycles. The zero-order valence-corrected chi connectivity index (χ0v) is 19.4. The summed E-state index contributed by atoms with van der Waals surface area (Å²) in [6.45, 7) is 1.91. The smallest absolute Gasteiger partial charge is 0.309 e. The molecule has 2 aliphatic heterocycles. The number of fused-ring (bicyclic) bond motifs is 1. The van der Waals surface area contributed by atoms with E-state index in [0.717, 1.165) is 0 Å². The molecular weight excluding hydrogens is 456 g/mol. The number of rotatable bonds is 8. The lowest BCUT2D eigenvalue weighted by Gasteiger charge is -2.29. The second kappa shape index (κ2) is 10.0. The lowest BCUT2D eigenvalue weighted by molar-refractivity contribution is -0.145. The van der Waals surface area contributed by atoms with Gasteiger partial charge in [0.05, 0.1) is 18.7 Å². The Morgan fingerprint density at radius 1 is 1.29 bits per heavy atom. The van der Waals surface area contributed by atoms with Crippen LogP contribution in [0.3, 0.4) is 0 Å². The van der Waals surface area contributed by atoms with Crippen molar-refractivity contribution in [1.82, 2.24) is 25.2 Å². The molecule has 0 aliphatic carbocycles. The Labute approximate surface area is 201 Å². The molecule has 2 N–H and O–H groups in total. The SMILES string of the molecule is CCC(Cc1cn(CC(=O)Nc2cccc3c2CN(C2CCC(=O)NC2=O)C3=O)nn1)C(=O)OC. The van der Waals surface area contributed by atoms with Crippen molar-refractivity contribution in [2.24, 2.45) is 5.92 Å². The van der Waals surface area contributed by atoms with Crippen LogP contribution in [0.15, 0.2) is 24.4 Å². The van der Waals surface area contributed by atoms with E-state index in [4.69, 9.17) is 4.74 Å². The molecule has 2 aromatic rings. The Morgan fingerprint density at radius 3 is 2.80 bits per heavy atom. The van der Waals surface area contributed by atoms with Gasteiger partial charge in [-0.25, -0.2) is 4.68 Å². The van der Waals surface area contributed by atoms with Crippen LogP contribution in [-0.2, 0) is 43.4 Å². The molecule has 1 fully saturated rings. The maximum atomic E-state index is 12.9. The number of nitrogens with one attached hydrogen (secondary N) is 2. The summed E-state index contributed by atoms with van der Waals surface area (Å²) in [5.74, 6) is -2.19. The van der Waals surface area contributed by atoms with E-state index in [2.05, 4.69) is 20.9 Å². The number of piperidine rings is 1. The second-order valence-corrected chi connectivity index (χ2v) is 8.52. The Hall–Kier alpha value is -4.09. The summed E-state index contributed by atoms with van der Waals surface area (Å²) < 4.78 is 6.17. The summed E-state index contributed by atoms with van der Waals surface area (Å²) >= 11 is 0. The van der Waals surface area contributed by atoms with Gasteiger partial charge in [0.2, 0.25) is 17.7 Å². The second-order valence-electron chi connectivity index (χ2n) is 8.52. The standard InChI is InChI=1S/C23H26N6O6/c1-3-13(23(34)35-2)9-14-10-28(27-26-14)12-20(31)24-17-6-4-5-15-16(17)11-29(22(15)33)18-7-8-19(30)25-21(18)32/h4-6,10,13,18H,3,7-9,11-12H2,1-2H3,(H,24,31)(H,25,30,32). The van der Waals surface area contributed by atoms with E-state index >= 15 is 0 Å². The largest absolute Gasteiger partial charge is 0.469 e. The highest BCUT2D eigenvalue weighted by Crippen LogP contribution is 2.32. The summed E-state index contributed by atoms with van der Waals surface area (Å²) in [5, 5.41) is 13.1. The van der Waals surface area contributed by atoms with Gasteiger partial charge >= 0.3 is 5.97 Å². The molecule has 0 radical (unpaired) electrons. The molecular formula is C23H26N6O6. The third kappa shape index (κ3) is 5.05. The van der Waals surface area contributed by atoms with Crippen molar-refractivity contribution in [1.29, 1.82) is 0 Å². The lowest BCUT2D eigenvalue weighted by atomic mass is 10.0. The third-order valence-corrected chi connectivity index (χ3v) is 6.23. The van der Waals surface area contributed by atoms with Gasteiger partial charge in [-0.1, -0.05) is 18.2 Å². The predicted octanol–water partition coefficient (Wildman–Crippen LogP) is 0.420. The molecule has 2 atom stereocenters. The van der Waals surface area contributed by atoms with E-state index in [-0.39, 0.29) is 55.5 Å². The number of carbonyl (C=O) groups excluding carboxylic acids is 5. The fourth-order valence-corrected chi connectivity index (χ4v) is 4.36. The summed E-state index contributed by atoms with van der Waals surface area (Å²) in [5.41, 5.74) is 2.05. The molecule has 0 saturated carbocycles. The number of esters is 1. The number of nitrogens with zero attached hydrogens (tertiary/aromatic N) is 4. The van der Waals surface area contributed by atoms with E-state index in [1.807, 2.05) is 6.92 Å². The zero-order chi connectivity index (χ0) is 25.1. The van der Waals surface area contributed by atoms with Gasteiger partial charge < -0.3 is 15.0 Å². The number of aromatic nitrogens is 3. The lowest BCUT2D eigenvalue weighted by Crippen LogP contribution is -2.52. The molecule has 12 nitrogen and oxygen atoms in total. The first kappa shape index (κ1) is 24.0. The molecule has 184 valence electrons. The van der Waals surface area contributed by atoms with Crippen molar-refractivity contribution in [2.45, 2.75) is 51.7 Å². The Morgan fingerprint density at radius 2 is 2.09 bits per heavy atom. The van der Waals surface area contributed by atoms with Crippen LogP contribution in [0.5, 0.6) is 0 Å². The van der Waals surface area contributed by atoms with E-state index in [0.29, 0.717) is 35.3 Å². The molecule has 35 heavy (non-hydrogen) atoms. The van der Waals surface area contributed by atoms with Crippen molar-refractivity contribution in [2.75, 3.05) is 12.4 Å². The van der Waals surface area contributed by atoms with Crippen molar-refractivity contribution in [3.63, 3.8) is 0 Å². The minimum Gasteiger partial charge on any atom is -0.469 e. The Bertz CT molecular complexity index is 1190. The van der Waals surface area contributed by atoms with Crippen LogP contribution in [0.1, 0.15) is 47.8 Å². The Balaban J connectivity index is 1.41. The maximum Gasteiger partial charge on any atom is 0.309 e. The van der Waals surface area contributed by atoms with E-state index in [1.165, 1.54) is 16.7 Å². The van der Waals surface area contributed by atoms with Crippen LogP contribution in [0.25, 0.3) is 0 Å². The number of carbonyl (C=O) groups is 5. The van der Waals surface area contributed by atoms with Gasteiger partial charge in [0.15, 0.2) is 0 Å². The molecule has 0 spiro atoms. The van der Waals surface area contributed by atoms with Crippen molar-refractivity contribution in [3.8, 4) is 0 Å². The minimum atomic E-state index is -0.735. The van der Waals surface area contributed by atoms with Crippen LogP contribution >= 0.6 is 0 Å². The van der Waals surface area contributed by atoms with Crippen LogP contribution < -0.4 is 10.6 Å². The number of ether oxygens (including phenoxy) is 1. The summed E-state index contributed by atoms with van der Waals surface area (Å²) in [6.07, 6.45) is 2.98. The Kier molecular flexibility index (Phi) is 6.90. The topological polar surface area (TPSA) is 153 Å². The normalized spacial score (nSPS) is 18.2. The van der Waals surface area contributed by atoms with Crippen LogP contribution in [0.2, 0.25) is 0 Å². The zero-order valence-electron chi connectivity index (χ0n) is 19.4. The first-order valence-corrected chi connectivity index (χ1v) is 11.3. The quantitative estimate of drug-likeness (QED) is 0.406. The highest BCUT2D eigenvalue weighted by atomic mass is 16.5. The number of hydrogen-bond donors (Lipinski definition) is 2. The summed E-state index contributed by atoms with van der Waals surface area (Å²) in [7, 11) is 1.34. The number of methoxy groups -OCH3 is 1. The number of benzene rings is 1. The number of hydrogen-bond acceptors (Lipinski definition) is 8. The highest BCUT2D eigenvalue weighted by molar-refractivity contribution is 6.06. The average molecular weight is 482 g/mol. The number of anilines is 1. The van der Waals surface area contributed by atoms with Crippen molar-refractivity contribution < 1.29 is 28.7 Å². The molecule has 2 aliphatic rings. The average Bonchev–Trinajstić information content (AvgIpc) is 3.41. The van der Waals surface area contributed by atoms with Gasteiger partial charge in [0, 0.05) is 42.4 Å². The first-order chi connectivity index (χ1) is 16.8. The van der Waals surface area contributed by atoms with Gasteiger partial charge in [-0.05, 0) is 25.0 Å². The molecule has 12 heteroatoms. The number of amides is 4. The van der Waals surface area contributed by atoms with E-state index < -0.39 is 11.9 Å². The fraction of sp³-hybridized carbons (Fsp3) is 0.435. The van der Waals surface area contributed by atoms with Gasteiger partial charge in [0.1, 0.15) is 12.6 Å². The molecule has 3 heterocycles. The molecule has 4 rings (SSSR count).